The Morgan fingerprint density at radius 1 is 1.00 bits per heavy atom. The maximum absolute atomic E-state index is 9.11. The highest BCUT2D eigenvalue weighted by Gasteiger charge is 2.30. The maximum atomic E-state index is 9.11. The molecular weight excluding hydrogens is 342 g/mol. The van der Waals surface area contributed by atoms with E-state index in [0.717, 1.165) is 51.5 Å². The van der Waals surface area contributed by atoms with Crippen molar-refractivity contribution in [3.05, 3.63) is 18.1 Å². The standard InChI is InChI=1S/C19H29N7O/c27-12-11-23-7-9-24(10-8-23)16-3-5-25(6-4-16)18-13-17(15-1-2-15)22-26-14-20-21-19(18)26/h13-16,27H,1-12H2. The van der Waals surface area contributed by atoms with Crippen molar-refractivity contribution in [3.8, 4) is 0 Å². The molecule has 0 aromatic carbocycles. The molecule has 0 unspecified atom stereocenters. The van der Waals surface area contributed by atoms with E-state index in [-0.39, 0.29) is 6.61 Å². The number of hydrogen-bond donors (Lipinski definition) is 1. The van der Waals surface area contributed by atoms with Gasteiger partial charge in [-0.3, -0.25) is 9.80 Å². The summed E-state index contributed by atoms with van der Waals surface area (Å²) in [6, 6.07) is 2.94. The number of nitrogens with zero attached hydrogens (tertiary/aromatic N) is 7. The van der Waals surface area contributed by atoms with Gasteiger partial charge in [-0.25, -0.2) is 0 Å². The Balaban J connectivity index is 1.25. The highest BCUT2D eigenvalue weighted by molar-refractivity contribution is 5.68. The molecule has 1 aliphatic carbocycles. The Kier molecular flexibility index (Phi) is 4.71. The Bertz CT molecular complexity index is 773. The molecule has 4 heterocycles. The van der Waals surface area contributed by atoms with Crippen LogP contribution in [-0.2, 0) is 0 Å². The molecule has 0 amide bonds. The van der Waals surface area contributed by atoms with Crippen LogP contribution in [-0.4, -0.2) is 93.2 Å². The first-order chi connectivity index (χ1) is 13.3. The lowest BCUT2D eigenvalue weighted by Gasteiger charge is -2.43. The van der Waals surface area contributed by atoms with Gasteiger partial charge in [-0.1, -0.05) is 0 Å². The van der Waals surface area contributed by atoms with E-state index in [1.807, 2.05) is 4.52 Å². The normalized spacial score (nSPS) is 23.4. The molecule has 1 saturated carbocycles. The van der Waals surface area contributed by atoms with E-state index in [4.69, 9.17) is 10.2 Å². The summed E-state index contributed by atoms with van der Waals surface area (Å²) in [5, 5.41) is 22.2. The lowest BCUT2D eigenvalue weighted by Crippen LogP contribution is -2.53. The fourth-order valence-electron chi connectivity index (χ4n) is 4.61. The summed E-state index contributed by atoms with van der Waals surface area (Å²) in [4.78, 5) is 7.50. The number of fused-ring (bicyclic) bond motifs is 1. The molecule has 2 saturated heterocycles. The van der Waals surface area contributed by atoms with Gasteiger partial charge in [-0.2, -0.15) is 9.61 Å². The Labute approximate surface area is 159 Å². The molecule has 2 aromatic rings. The number of aromatic nitrogens is 4. The molecule has 0 atom stereocenters. The Morgan fingerprint density at radius 2 is 1.78 bits per heavy atom. The SMILES string of the molecule is OCCN1CCN(C2CCN(c3cc(C4CC4)nn4cnnc34)CC2)CC1. The lowest BCUT2D eigenvalue weighted by molar-refractivity contribution is 0.0747. The molecule has 0 bridgehead atoms. The minimum absolute atomic E-state index is 0.268. The summed E-state index contributed by atoms with van der Waals surface area (Å²) >= 11 is 0. The average molecular weight is 371 g/mol. The number of aliphatic hydroxyl groups is 1. The summed E-state index contributed by atoms with van der Waals surface area (Å²) in [5.41, 5.74) is 3.28. The fraction of sp³-hybridized carbons (Fsp3) is 0.737. The average Bonchev–Trinajstić information content (AvgIpc) is 3.46. The molecule has 3 aliphatic rings. The van der Waals surface area contributed by atoms with Crippen LogP contribution in [0, 0.1) is 0 Å². The summed E-state index contributed by atoms with van der Waals surface area (Å²) in [5.74, 6) is 0.628. The third-order valence-electron chi connectivity index (χ3n) is 6.41. The lowest BCUT2D eigenvalue weighted by atomic mass is 10.0. The van der Waals surface area contributed by atoms with Crippen LogP contribution in [0.5, 0.6) is 0 Å². The van der Waals surface area contributed by atoms with Gasteiger partial charge in [-0.05, 0) is 31.7 Å². The third-order valence-corrected chi connectivity index (χ3v) is 6.41. The highest BCUT2D eigenvalue weighted by atomic mass is 16.3. The van der Waals surface area contributed by atoms with E-state index in [9.17, 15) is 0 Å². The van der Waals surface area contributed by atoms with Crippen molar-refractivity contribution in [1.82, 2.24) is 29.6 Å². The van der Waals surface area contributed by atoms with Gasteiger partial charge in [0.05, 0.1) is 18.0 Å². The molecule has 1 N–H and O–H groups in total. The molecule has 2 aliphatic heterocycles. The second kappa shape index (κ2) is 7.33. The smallest absolute Gasteiger partial charge is 0.200 e. The number of β-amino-alcohol motifs (C(OH)–C–C–N with tert-alkyl or cyclic N) is 1. The number of piperidine rings is 1. The Morgan fingerprint density at radius 3 is 2.48 bits per heavy atom. The van der Waals surface area contributed by atoms with Gasteiger partial charge in [0.15, 0.2) is 0 Å². The van der Waals surface area contributed by atoms with Crippen molar-refractivity contribution in [1.29, 1.82) is 0 Å². The Hall–Kier alpha value is -1.77. The number of aliphatic hydroxyl groups excluding tert-OH is 1. The van der Waals surface area contributed by atoms with Crippen molar-refractivity contribution >= 4 is 11.3 Å². The van der Waals surface area contributed by atoms with E-state index in [2.05, 4.69) is 31.0 Å². The number of hydrogen-bond acceptors (Lipinski definition) is 7. The number of piperazine rings is 1. The molecule has 5 rings (SSSR count). The van der Waals surface area contributed by atoms with Crippen molar-refractivity contribution in [3.63, 3.8) is 0 Å². The van der Waals surface area contributed by atoms with E-state index in [1.165, 1.54) is 37.1 Å². The first-order valence-corrected chi connectivity index (χ1v) is 10.3. The van der Waals surface area contributed by atoms with Crippen LogP contribution in [0.1, 0.15) is 37.3 Å². The van der Waals surface area contributed by atoms with Crippen LogP contribution < -0.4 is 4.90 Å². The third kappa shape index (κ3) is 3.53. The van der Waals surface area contributed by atoms with E-state index in [1.54, 1.807) is 6.33 Å². The van der Waals surface area contributed by atoms with Crippen LogP contribution >= 0.6 is 0 Å². The molecule has 8 nitrogen and oxygen atoms in total. The number of rotatable bonds is 5. The van der Waals surface area contributed by atoms with Gasteiger partial charge < -0.3 is 10.0 Å². The van der Waals surface area contributed by atoms with Crippen LogP contribution in [0.2, 0.25) is 0 Å². The molecule has 2 aromatic heterocycles. The summed E-state index contributed by atoms with van der Waals surface area (Å²) in [6.45, 7) is 7.62. The molecule has 0 spiro atoms. The zero-order valence-electron chi connectivity index (χ0n) is 15.9. The van der Waals surface area contributed by atoms with Crippen LogP contribution in [0.3, 0.4) is 0 Å². The quantitative estimate of drug-likeness (QED) is 0.824. The van der Waals surface area contributed by atoms with Gasteiger partial charge in [0.2, 0.25) is 5.65 Å². The summed E-state index contributed by atoms with van der Waals surface area (Å²) in [6.07, 6.45) is 6.63. The van der Waals surface area contributed by atoms with Crippen molar-refractivity contribution in [2.24, 2.45) is 0 Å². The van der Waals surface area contributed by atoms with Crippen molar-refractivity contribution in [2.45, 2.75) is 37.6 Å². The molecule has 3 fully saturated rings. The van der Waals surface area contributed by atoms with Gasteiger partial charge in [0.25, 0.3) is 0 Å². The van der Waals surface area contributed by atoms with Crippen LogP contribution in [0.4, 0.5) is 5.69 Å². The van der Waals surface area contributed by atoms with E-state index in [0.29, 0.717) is 12.0 Å². The highest BCUT2D eigenvalue weighted by Crippen LogP contribution is 2.40. The minimum Gasteiger partial charge on any atom is -0.395 e. The van der Waals surface area contributed by atoms with Crippen molar-refractivity contribution in [2.75, 3.05) is 57.3 Å². The molecule has 0 radical (unpaired) electrons. The zero-order chi connectivity index (χ0) is 18.2. The summed E-state index contributed by atoms with van der Waals surface area (Å²) < 4.78 is 1.86. The van der Waals surface area contributed by atoms with E-state index >= 15 is 0 Å². The molecule has 146 valence electrons. The first kappa shape index (κ1) is 17.3. The monoisotopic (exact) mass is 371 g/mol. The van der Waals surface area contributed by atoms with Gasteiger partial charge in [0, 0.05) is 57.8 Å². The largest absolute Gasteiger partial charge is 0.395 e. The topological polar surface area (TPSA) is 73.0 Å². The summed E-state index contributed by atoms with van der Waals surface area (Å²) in [7, 11) is 0. The van der Waals surface area contributed by atoms with Crippen LogP contribution in [0.25, 0.3) is 5.65 Å². The van der Waals surface area contributed by atoms with Crippen LogP contribution in [0.15, 0.2) is 12.4 Å². The predicted octanol–water partition coefficient (Wildman–Crippen LogP) is 0.580. The second-order valence-electron chi connectivity index (χ2n) is 8.15. The van der Waals surface area contributed by atoms with Crippen molar-refractivity contribution < 1.29 is 5.11 Å². The minimum atomic E-state index is 0.268. The molecule has 8 heteroatoms. The molecular formula is C19H29N7O. The van der Waals surface area contributed by atoms with Gasteiger partial charge >= 0.3 is 0 Å². The zero-order valence-corrected chi connectivity index (χ0v) is 15.9. The first-order valence-electron chi connectivity index (χ1n) is 10.3. The fourth-order valence-corrected chi connectivity index (χ4v) is 4.61. The maximum Gasteiger partial charge on any atom is 0.200 e. The van der Waals surface area contributed by atoms with E-state index < -0.39 is 0 Å². The predicted molar refractivity (Wildman–Crippen MR) is 103 cm³/mol. The van der Waals surface area contributed by atoms with Gasteiger partial charge in [0.1, 0.15) is 6.33 Å². The van der Waals surface area contributed by atoms with Gasteiger partial charge in [-0.15, -0.1) is 10.2 Å². The number of anilines is 1. The second-order valence-corrected chi connectivity index (χ2v) is 8.15. The molecule has 27 heavy (non-hydrogen) atoms.